The Morgan fingerprint density at radius 3 is 2.49 bits per heavy atom. The number of thioether (sulfide) groups is 1. The molecule has 6 atom stereocenters. The number of anilines is 1. The van der Waals surface area contributed by atoms with E-state index in [0.717, 1.165) is 12.0 Å². The quantitative estimate of drug-likeness (QED) is 0.471. The normalized spacial score (nSPS) is 30.8. The second kappa shape index (κ2) is 9.97. The molecule has 3 fully saturated rings. The minimum Gasteiger partial charge on any atom is -0.394 e. The molecule has 9 heteroatoms. The van der Waals surface area contributed by atoms with Gasteiger partial charge in [-0.1, -0.05) is 48.9 Å². The lowest BCUT2D eigenvalue weighted by Crippen LogP contribution is -2.54. The van der Waals surface area contributed by atoms with Gasteiger partial charge in [-0.3, -0.25) is 14.4 Å². The molecule has 1 spiro atoms. The van der Waals surface area contributed by atoms with Gasteiger partial charge in [0.1, 0.15) is 6.04 Å². The third kappa shape index (κ3) is 4.33. The summed E-state index contributed by atoms with van der Waals surface area (Å²) in [4.78, 5) is 43.2. The molecule has 2 bridgehead atoms. The molecule has 3 heterocycles. The lowest BCUT2D eigenvalue weighted by atomic mass is 9.66. The van der Waals surface area contributed by atoms with Gasteiger partial charge in [-0.05, 0) is 56.0 Å². The van der Waals surface area contributed by atoms with Gasteiger partial charge in [-0.15, -0.1) is 11.8 Å². The first-order chi connectivity index (χ1) is 17.7. The van der Waals surface area contributed by atoms with Crippen molar-refractivity contribution in [3.63, 3.8) is 0 Å². The highest BCUT2D eigenvalue weighted by atomic mass is 35.5. The fourth-order valence-electron chi connectivity index (χ4n) is 6.51. The van der Waals surface area contributed by atoms with Gasteiger partial charge >= 0.3 is 0 Å². The molecule has 3 amide bonds. The number of carbonyl (C=O) groups is 3. The van der Waals surface area contributed by atoms with Gasteiger partial charge in [-0.2, -0.15) is 0 Å². The molecule has 2 aromatic rings. The van der Waals surface area contributed by atoms with Crippen molar-refractivity contribution in [3.8, 4) is 0 Å². The zero-order chi connectivity index (χ0) is 26.4. The van der Waals surface area contributed by atoms with E-state index >= 15 is 0 Å². The van der Waals surface area contributed by atoms with Crippen LogP contribution >= 0.6 is 23.4 Å². The Morgan fingerprint density at radius 1 is 1.14 bits per heavy atom. The average molecular weight is 542 g/mol. The van der Waals surface area contributed by atoms with Crippen LogP contribution in [0, 0.1) is 11.8 Å². The van der Waals surface area contributed by atoms with Gasteiger partial charge in [-0.25, -0.2) is 0 Å². The Labute approximate surface area is 226 Å². The average Bonchev–Trinajstić information content (AvgIpc) is 3.46. The Morgan fingerprint density at radius 2 is 1.84 bits per heavy atom. The summed E-state index contributed by atoms with van der Waals surface area (Å²) in [6.07, 6.45) is 1.89. The summed E-state index contributed by atoms with van der Waals surface area (Å²) >= 11 is 7.63. The van der Waals surface area contributed by atoms with E-state index < -0.39 is 33.4 Å². The summed E-state index contributed by atoms with van der Waals surface area (Å²) in [5, 5.41) is 16.8. The van der Waals surface area contributed by atoms with Crippen molar-refractivity contribution in [1.82, 2.24) is 10.2 Å². The number of nitrogens with zero attached hydrogens (tertiary/aromatic N) is 1. The third-order valence-electron chi connectivity index (χ3n) is 8.24. The highest BCUT2D eigenvalue weighted by Crippen LogP contribution is 2.71. The number of likely N-dealkylation sites (tertiary alicyclic amines) is 1. The summed E-state index contributed by atoms with van der Waals surface area (Å²) in [5.74, 6) is -1.86. The number of hydrogen-bond donors (Lipinski definition) is 3. The van der Waals surface area contributed by atoms with E-state index in [1.807, 2.05) is 44.2 Å². The van der Waals surface area contributed by atoms with Crippen LogP contribution in [0.4, 0.5) is 5.69 Å². The number of hydrogen-bond acceptors (Lipinski definition) is 5. The van der Waals surface area contributed by atoms with E-state index in [2.05, 4.69) is 10.6 Å². The molecule has 3 saturated heterocycles. The van der Waals surface area contributed by atoms with Crippen LogP contribution in [0.25, 0.3) is 0 Å². The van der Waals surface area contributed by atoms with Crippen molar-refractivity contribution in [2.75, 3.05) is 11.9 Å². The molecule has 0 aliphatic carbocycles. The maximum Gasteiger partial charge on any atom is 0.248 e. The number of benzene rings is 2. The number of fused-ring (bicyclic) bond motifs is 1. The van der Waals surface area contributed by atoms with Crippen LogP contribution in [0.15, 0.2) is 54.6 Å². The smallest absolute Gasteiger partial charge is 0.248 e. The zero-order valence-corrected chi connectivity index (χ0v) is 22.5. The van der Waals surface area contributed by atoms with Gasteiger partial charge in [0.2, 0.25) is 17.7 Å². The van der Waals surface area contributed by atoms with Gasteiger partial charge in [0, 0.05) is 22.0 Å². The predicted octanol–water partition coefficient (Wildman–Crippen LogP) is 3.85. The predicted molar refractivity (Wildman–Crippen MR) is 145 cm³/mol. The van der Waals surface area contributed by atoms with Gasteiger partial charge in [0.05, 0.1) is 29.2 Å². The first-order valence-corrected chi connectivity index (χ1v) is 13.9. The van der Waals surface area contributed by atoms with Crippen molar-refractivity contribution in [3.05, 3.63) is 65.2 Å². The number of aliphatic hydroxyl groups excluding tert-OH is 1. The van der Waals surface area contributed by atoms with E-state index in [0.29, 0.717) is 30.1 Å². The number of carbonyl (C=O) groups excluding carboxylic acids is 3. The molecular weight excluding hydrogens is 510 g/mol. The Balaban J connectivity index is 1.48. The van der Waals surface area contributed by atoms with Gasteiger partial charge in [0.25, 0.3) is 0 Å². The largest absolute Gasteiger partial charge is 0.394 e. The maximum absolute atomic E-state index is 14.1. The van der Waals surface area contributed by atoms with Crippen LogP contribution in [-0.4, -0.2) is 55.9 Å². The second-order valence-electron chi connectivity index (χ2n) is 10.4. The van der Waals surface area contributed by atoms with Crippen LogP contribution in [0.5, 0.6) is 0 Å². The fourth-order valence-corrected chi connectivity index (χ4v) is 8.98. The first kappa shape index (κ1) is 26.1. The summed E-state index contributed by atoms with van der Waals surface area (Å²) in [6, 6.07) is 15.2. The molecule has 3 aliphatic heterocycles. The Kier molecular flexibility index (Phi) is 7.02. The zero-order valence-electron chi connectivity index (χ0n) is 20.9. The molecule has 0 aromatic heterocycles. The Hall–Kier alpha value is -2.55. The SMILES string of the molecule is CC[C@@H](CO)N1C(=O)[C@@H]2[C@@H](C(=O)NCc3ccccc3)[C@@]3(C)CCC2(S3)C1C(=O)Nc1ccc(Cl)cc1. The van der Waals surface area contributed by atoms with Crippen molar-refractivity contribution in [2.45, 2.75) is 61.2 Å². The fraction of sp³-hybridized carbons (Fsp3) is 0.464. The topological polar surface area (TPSA) is 98.7 Å². The number of nitrogens with one attached hydrogen (secondary N) is 2. The monoisotopic (exact) mass is 541 g/mol. The molecule has 7 nitrogen and oxygen atoms in total. The lowest BCUT2D eigenvalue weighted by molar-refractivity contribution is -0.142. The minimum atomic E-state index is -0.795. The summed E-state index contributed by atoms with van der Waals surface area (Å²) in [6.45, 7) is 4.07. The van der Waals surface area contributed by atoms with Crippen LogP contribution < -0.4 is 10.6 Å². The van der Waals surface area contributed by atoms with Crippen molar-refractivity contribution >= 4 is 46.8 Å². The number of amides is 3. The third-order valence-corrected chi connectivity index (χ3v) is 10.5. The maximum atomic E-state index is 14.1. The minimum absolute atomic E-state index is 0.158. The molecular formula is C28H32ClN3O4S. The molecule has 3 N–H and O–H groups in total. The summed E-state index contributed by atoms with van der Waals surface area (Å²) in [7, 11) is 0. The summed E-state index contributed by atoms with van der Waals surface area (Å²) in [5.41, 5.74) is 1.57. The van der Waals surface area contributed by atoms with Gasteiger partial charge in [0.15, 0.2) is 0 Å². The van der Waals surface area contributed by atoms with Crippen LogP contribution in [0.2, 0.25) is 5.02 Å². The highest BCUT2D eigenvalue weighted by molar-refractivity contribution is 8.02. The standard InChI is InChI=1S/C28H32ClN3O4S/c1-3-20(16-33)32-23(25(35)31-19-11-9-18(29)10-12-19)28-14-13-27(2,37-28)21(22(28)26(32)36)24(34)30-15-17-7-5-4-6-8-17/h4-12,20-23,33H,3,13-16H2,1-2H3,(H,30,34)(H,31,35)/t20-,21-,22-,23?,27+,28?/m0/s1. The van der Waals surface area contributed by atoms with E-state index in [4.69, 9.17) is 11.6 Å². The van der Waals surface area contributed by atoms with Gasteiger partial charge < -0.3 is 20.6 Å². The second-order valence-corrected chi connectivity index (χ2v) is 12.8. The van der Waals surface area contributed by atoms with Crippen LogP contribution in [0.1, 0.15) is 38.7 Å². The molecule has 0 radical (unpaired) electrons. The van der Waals surface area contributed by atoms with Crippen molar-refractivity contribution < 1.29 is 19.5 Å². The van der Waals surface area contributed by atoms with Crippen LogP contribution in [-0.2, 0) is 20.9 Å². The molecule has 37 heavy (non-hydrogen) atoms. The molecule has 5 rings (SSSR count). The Bertz CT molecular complexity index is 1190. The van der Waals surface area contributed by atoms with E-state index in [9.17, 15) is 19.5 Å². The lowest BCUT2D eigenvalue weighted by Gasteiger charge is -2.36. The highest BCUT2D eigenvalue weighted by Gasteiger charge is 2.77. The molecule has 2 unspecified atom stereocenters. The molecule has 2 aromatic carbocycles. The van der Waals surface area contributed by atoms with E-state index in [1.165, 1.54) is 0 Å². The molecule has 0 saturated carbocycles. The number of rotatable bonds is 8. The van der Waals surface area contributed by atoms with Crippen molar-refractivity contribution in [1.29, 1.82) is 0 Å². The number of halogens is 1. The van der Waals surface area contributed by atoms with Crippen molar-refractivity contribution in [2.24, 2.45) is 11.8 Å². The van der Waals surface area contributed by atoms with Crippen LogP contribution in [0.3, 0.4) is 0 Å². The number of aliphatic hydroxyl groups is 1. The first-order valence-electron chi connectivity index (χ1n) is 12.8. The molecule has 3 aliphatic rings. The van der Waals surface area contributed by atoms with E-state index in [-0.39, 0.29) is 24.3 Å². The summed E-state index contributed by atoms with van der Waals surface area (Å²) < 4.78 is -1.19. The van der Waals surface area contributed by atoms with E-state index in [1.54, 1.807) is 40.9 Å². The molecule has 196 valence electrons.